The van der Waals surface area contributed by atoms with Gasteiger partial charge in [-0.2, -0.15) is 5.06 Å². The molecule has 2 heterocycles. The number of hydroxylamine groups is 2. The van der Waals surface area contributed by atoms with E-state index in [-0.39, 0.29) is 0 Å². The molecule has 0 aromatic rings. The zero-order chi connectivity index (χ0) is 8.55. The summed E-state index contributed by atoms with van der Waals surface area (Å²) in [4.78, 5) is 0. The van der Waals surface area contributed by atoms with Gasteiger partial charge in [0.25, 0.3) is 0 Å². The molecule has 0 spiro atoms. The van der Waals surface area contributed by atoms with Gasteiger partial charge < -0.3 is 9.94 Å². The van der Waals surface area contributed by atoms with Crippen LogP contribution in [0.25, 0.3) is 0 Å². The third-order valence-corrected chi connectivity index (χ3v) is 3.23. The third-order valence-electron chi connectivity index (χ3n) is 3.23. The Balaban J connectivity index is 2.02. The summed E-state index contributed by atoms with van der Waals surface area (Å²) in [6, 6.07) is 0.727. The molecule has 12 heavy (non-hydrogen) atoms. The fourth-order valence-corrected chi connectivity index (χ4v) is 2.50. The van der Waals surface area contributed by atoms with Gasteiger partial charge in [-0.25, -0.2) is 0 Å². The quantitative estimate of drug-likeness (QED) is 0.647. The highest BCUT2D eigenvalue weighted by Crippen LogP contribution is 2.33. The Morgan fingerprint density at radius 3 is 2.33 bits per heavy atom. The van der Waals surface area contributed by atoms with E-state index in [4.69, 9.17) is 4.74 Å². The number of piperidine rings is 2. The first-order valence-electron chi connectivity index (χ1n) is 4.81. The minimum atomic E-state index is 0.363. The largest absolute Gasteiger partial charge is 0.381 e. The smallest absolute Gasteiger partial charge is 0.0603 e. The molecule has 0 radical (unpaired) electrons. The number of rotatable bonds is 1. The minimum Gasteiger partial charge on any atom is -0.381 e. The van der Waals surface area contributed by atoms with E-state index in [9.17, 15) is 5.21 Å². The van der Waals surface area contributed by atoms with Crippen LogP contribution < -0.4 is 0 Å². The second-order valence-corrected chi connectivity index (χ2v) is 3.95. The van der Waals surface area contributed by atoms with E-state index in [0.29, 0.717) is 18.2 Å². The van der Waals surface area contributed by atoms with Gasteiger partial charge in [-0.05, 0) is 25.7 Å². The molecule has 2 aliphatic heterocycles. The van der Waals surface area contributed by atoms with E-state index in [1.807, 2.05) is 0 Å². The van der Waals surface area contributed by atoms with Crippen LogP contribution in [0.3, 0.4) is 0 Å². The molecule has 0 aromatic heterocycles. The first-order valence-corrected chi connectivity index (χ1v) is 4.81. The Morgan fingerprint density at radius 2 is 1.83 bits per heavy atom. The van der Waals surface area contributed by atoms with E-state index < -0.39 is 0 Å². The van der Waals surface area contributed by atoms with E-state index >= 15 is 0 Å². The van der Waals surface area contributed by atoms with Gasteiger partial charge >= 0.3 is 0 Å². The average Bonchev–Trinajstić information content (AvgIpc) is 2.04. The van der Waals surface area contributed by atoms with Crippen molar-refractivity contribution in [3.8, 4) is 0 Å². The predicted octanol–water partition coefficient (Wildman–Crippen LogP) is 1.41. The van der Waals surface area contributed by atoms with Crippen LogP contribution in [0.15, 0.2) is 0 Å². The van der Waals surface area contributed by atoms with Crippen LogP contribution in [0, 0.1) is 0 Å². The van der Waals surface area contributed by atoms with Crippen LogP contribution in [0.5, 0.6) is 0 Å². The number of hydrogen-bond acceptors (Lipinski definition) is 3. The van der Waals surface area contributed by atoms with Gasteiger partial charge in [0, 0.05) is 19.2 Å². The summed E-state index contributed by atoms with van der Waals surface area (Å²) in [5.41, 5.74) is 0. The summed E-state index contributed by atoms with van der Waals surface area (Å²) in [6.07, 6.45) is 5.92. The van der Waals surface area contributed by atoms with Crippen molar-refractivity contribution >= 4 is 0 Å². The van der Waals surface area contributed by atoms with E-state index in [0.717, 1.165) is 25.7 Å². The van der Waals surface area contributed by atoms with Crippen molar-refractivity contribution in [2.24, 2.45) is 0 Å². The summed E-state index contributed by atoms with van der Waals surface area (Å²) in [5, 5.41) is 11.2. The monoisotopic (exact) mass is 171 g/mol. The number of hydrogen-bond donors (Lipinski definition) is 1. The van der Waals surface area contributed by atoms with Crippen molar-refractivity contribution < 1.29 is 9.94 Å². The Kier molecular flexibility index (Phi) is 2.35. The maximum atomic E-state index is 9.68. The van der Waals surface area contributed by atoms with Crippen molar-refractivity contribution in [3.05, 3.63) is 0 Å². The SMILES string of the molecule is COC1C[C@H]2CCC[C@@H](C1)N2O. The molecular formula is C9H17NO2. The molecule has 2 aliphatic rings. The van der Waals surface area contributed by atoms with Gasteiger partial charge in [0.05, 0.1) is 6.10 Å². The molecule has 3 heteroatoms. The zero-order valence-electron chi connectivity index (χ0n) is 7.57. The standard InChI is InChI=1S/C9H17NO2/c1-12-9-5-7-3-2-4-8(6-9)10(7)11/h7-9,11H,2-6H2,1H3/t7-,8+,9?. The molecule has 3 atom stereocenters. The fraction of sp³-hybridized carbons (Fsp3) is 1.00. The van der Waals surface area contributed by atoms with Gasteiger partial charge in [0.2, 0.25) is 0 Å². The molecule has 1 N–H and O–H groups in total. The summed E-state index contributed by atoms with van der Waals surface area (Å²) < 4.78 is 5.34. The predicted molar refractivity (Wildman–Crippen MR) is 45.1 cm³/mol. The highest BCUT2D eigenvalue weighted by molar-refractivity contribution is 4.88. The molecule has 2 rings (SSSR count). The second kappa shape index (κ2) is 3.32. The van der Waals surface area contributed by atoms with E-state index in [1.54, 1.807) is 12.2 Å². The normalized spacial score (nSPS) is 43.0. The summed E-state index contributed by atoms with van der Waals surface area (Å²) in [7, 11) is 1.77. The Morgan fingerprint density at radius 1 is 1.25 bits per heavy atom. The lowest BCUT2D eigenvalue weighted by molar-refractivity contribution is -0.212. The van der Waals surface area contributed by atoms with Crippen LogP contribution >= 0.6 is 0 Å². The van der Waals surface area contributed by atoms with Gasteiger partial charge in [0.1, 0.15) is 0 Å². The Labute approximate surface area is 73.3 Å². The van der Waals surface area contributed by atoms with Gasteiger partial charge in [-0.15, -0.1) is 0 Å². The summed E-state index contributed by atoms with van der Waals surface area (Å²) in [6.45, 7) is 0. The molecule has 2 fully saturated rings. The van der Waals surface area contributed by atoms with Crippen molar-refractivity contribution in [2.75, 3.05) is 7.11 Å². The van der Waals surface area contributed by atoms with Crippen molar-refractivity contribution in [3.63, 3.8) is 0 Å². The van der Waals surface area contributed by atoms with Crippen LogP contribution in [-0.4, -0.2) is 35.6 Å². The highest BCUT2D eigenvalue weighted by atomic mass is 16.5. The first-order chi connectivity index (χ1) is 5.81. The first kappa shape index (κ1) is 8.48. The summed E-state index contributed by atoms with van der Waals surface area (Å²) in [5.74, 6) is 0. The Bertz CT molecular complexity index is 149. The topological polar surface area (TPSA) is 32.7 Å². The molecule has 0 aromatic carbocycles. The van der Waals surface area contributed by atoms with Crippen LogP contribution in [0.1, 0.15) is 32.1 Å². The number of ether oxygens (including phenoxy) is 1. The van der Waals surface area contributed by atoms with Crippen molar-refractivity contribution in [1.29, 1.82) is 0 Å². The third kappa shape index (κ3) is 1.37. The van der Waals surface area contributed by atoms with E-state index in [1.165, 1.54) is 6.42 Å². The molecule has 1 unspecified atom stereocenters. The lowest BCUT2D eigenvalue weighted by Crippen LogP contribution is -2.51. The highest BCUT2D eigenvalue weighted by Gasteiger charge is 2.37. The molecule has 3 nitrogen and oxygen atoms in total. The molecule has 0 saturated carbocycles. The lowest BCUT2D eigenvalue weighted by Gasteiger charge is -2.44. The average molecular weight is 171 g/mol. The molecule has 70 valence electrons. The Hall–Kier alpha value is -0.120. The van der Waals surface area contributed by atoms with Crippen LogP contribution in [0.4, 0.5) is 0 Å². The lowest BCUT2D eigenvalue weighted by atomic mass is 9.85. The van der Waals surface area contributed by atoms with Crippen molar-refractivity contribution in [2.45, 2.75) is 50.3 Å². The molecule has 2 saturated heterocycles. The molecule has 0 aliphatic carbocycles. The number of nitrogens with zero attached hydrogens (tertiary/aromatic N) is 1. The van der Waals surface area contributed by atoms with Gasteiger partial charge in [0.15, 0.2) is 0 Å². The maximum Gasteiger partial charge on any atom is 0.0603 e. The maximum absolute atomic E-state index is 9.68. The molecule has 2 bridgehead atoms. The molecule has 0 amide bonds. The van der Waals surface area contributed by atoms with Crippen molar-refractivity contribution in [1.82, 2.24) is 5.06 Å². The fourth-order valence-electron chi connectivity index (χ4n) is 2.50. The van der Waals surface area contributed by atoms with Crippen LogP contribution in [-0.2, 0) is 4.74 Å². The number of methoxy groups -OCH3 is 1. The summed E-state index contributed by atoms with van der Waals surface area (Å²) >= 11 is 0. The minimum absolute atomic E-state index is 0.363. The van der Waals surface area contributed by atoms with E-state index in [2.05, 4.69) is 0 Å². The molecular weight excluding hydrogens is 154 g/mol. The van der Waals surface area contributed by atoms with Crippen LogP contribution in [0.2, 0.25) is 0 Å². The van der Waals surface area contributed by atoms with Gasteiger partial charge in [-0.3, -0.25) is 0 Å². The number of fused-ring (bicyclic) bond motifs is 2. The zero-order valence-corrected chi connectivity index (χ0v) is 7.57. The second-order valence-electron chi connectivity index (χ2n) is 3.95. The van der Waals surface area contributed by atoms with Gasteiger partial charge in [-0.1, -0.05) is 6.42 Å².